The predicted molar refractivity (Wildman–Crippen MR) is 85.8 cm³/mol. The van der Waals surface area contributed by atoms with E-state index in [0.717, 1.165) is 15.2 Å². The van der Waals surface area contributed by atoms with Crippen LogP contribution in [0.2, 0.25) is 0 Å². The molecule has 0 bridgehead atoms. The van der Waals surface area contributed by atoms with E-state index in [-0.39, 0.29) is 5.97 Å². The van der Waals surface area contributed by atoms with Crippen LogP contribution in [0, 0.1) is 25.7 Å². The average Bonchev–Trinajstić information content (AvgIpc) is 3.09. The van der Waals surface area contributed by atoms with Crippen LogP contribution in [0.15, 0.2) is 11.4 Å². The van der Waals surface area contributed by atoms with Crippen molar-refractivity contribution < 1.29 is 9.53 Å². The van der Waals surface area contributed by atoms with Gasteiger partial charge in [-0.15, -0.1) is 11.3 Å². The normalized spacial score (nSPS) is 20.7. The van der Waals surface area contributed by atoms with Crippen LogP contribution in [-0.2, 0) is 9.53 Å². The van der Waals surface area contributed by atoms with Crippen LogP contribution >= 0.6 is 23.1 Å². The molecule has 2 heterocycles. The number of esters is 1. The van der Waals surface area contributed by atoms with Crippen LogP contribution in [0.1, 0.15) is 23.8 Å². The third kappa shape index (κ3) is 3.21. The summed E-state index contributed by atoms with van der Waals surface area (Å²) in [6.45, 7) is 6.92. The maximum atomic E-state index is 11.8. The van der Waals surface area contributed by atoms with Gasteiger partial charge in [0, 0.05) is 10.3 Å². The third-order valence-electron chi connectivity index (χ3n) is 3.99. The lowest BCUT2D eigenvalue weighted by Crippen LogP contribution is -2.10. The van der Waals surface area contributed by atoms with E-state index in [4.69, 9.17) is 4.74 Å². The van der Waals surface area contributed by atoms with Gasteiger partial charge in [-0.05, 0) is 37.7 Å². The lowest BCUT2D eigenvalue weighted by molar-refractivity contribution is -0.140. The van der Waals surface area contributed by atoms with Gasteiger partial charge < -0.3 is 4.74 Å². The number of ether oxygens (including phenoxy) is 1. The Bertz CT molecular complexity index is 684. The lowest BCUT2D eigenvalue weighted by Gasteiger charge is -2.05. The Morgan fingerprint density at radius 2 is 2.24 bits per heavy atom. The summed E-state index contributed by atoms with van der Waals surface area (Å²) < 4.78 is 5.31. The quantitative estimate of drug-likeness (QED) is 0.478. The maximum absolute atomic E-state index is 11.8. The van der Waals surface area contributed by atoms with Crippen molar-refractivity contribution in [1.82, 2.24) is 9.97 Å². The summed E-state index contributed by atoms with van der Waals surface area (Å²) >= 11 is 3.11. The monoisotopic (exact) mass is 322 g/mol. The van der Waals surface area contributed by atoms with E-state index >= 15 is 0 Å². The van der Waals surface area contributed by atoms with Crippen LogP contribution in [0.3, 0.4) is 0 Å². The van der Waals surface area contributed by atoms with E-state index in [1.54, 1.807) is 17.7 Å². The molecule has 4 nitrogen and oxygen atoms in total. The molecular weight excluding hydrogens is 304 g/mol. The Kier molecular flexibility index (Phi) is 4.17. The Morgan fingerprint density at radius 3 is 2.95 bits per heavy atom. The largest absolute Gasteiger partial charge is 0.465 e. The van der Waals surface area contributed by atoms with Crippen LogP contribution in [0.4, 0.5) is 0 Å². The highest BCUT2D eigenvalue weighted by Crippen LogP contribution is 2.38. The van der Waals surface area contributed by atoms with Crippen molar-refractivity contribution in [3.8, 4) is 0 Å². The van der Waals surface area contributed by atoms with Gasteiger partial charge in [-0.2, -0.15) is 0 Å². The Balaban J connectivity index is 1.63. The summed E-state index contributed by atoms with van der Waals surface area (Å²) in [5.74, 6) is 1.44. The first-order valence-corrected chi connectivity index (χ1v) is 8.85. The van der Waals surface area contributed by atoms with Gasteiger partial charge in [-0.1, -0.05) is 18.7 Å². The molecule has 21 heavy (non-hydrogen) atoms. The molecule has 112 valence electrons. The molecule has 6 heteroatoms. The fourth-order valence-corrected chi connectivity index (χ4v) is 4.17. The minimum absolute atomic E-state index is 0.157. The zero-order valence-corrected chi connectivity index (χ0v) is 14.0. The van der Waals surface area contributed by atoms with Gasteiger partial charge in [0.25, 0.3) is 0 Å². The highest BCUT2D eigenvalue weighted by molar-refractivity contribution is 8.00. The molecule has 0 radical (unpaired) electrons. The van der Waals surface area contributed by atoms with Crippen LogP contribution in [0.25, 0.3) is 10.2 Å². The van der Waals surface area contributed by atoms with Crippen molar-refractivity contribution in [1.29, 1.82) is 0 Å². The van der Waals surface area contributed by atoms with Gasteiger partial charge in [0.1, 0.15) is 16.2 Å². The third-order valence-corrected chi connectivity index (χ3v) is 6.07. The number of rotatable bonds is 5. The van der Waals surface area contributed by atoms with E-state index < -0.39 is 0 Å². The number of aromatic nitrogens is 2. The first kappa shape index (κ1) is 14.8. The molecule has 1 saturated carbocycles. The smallest absolute Gasteiger partial charge is 0.316 e. The Labute approximate surface area is 132 Å². The first-order chi connectivity index (χ1) is 10.1. The number of carbonyl (C=O) groups is 1. The summed E-state index contributed by atoms with van der Waals surface area (Å²) in [4.78, 5) is 22.7. The lowest BCUT2D eigenvalue weighted by atomic mass is 10.2. The number of hydrogen-bond donors (Lipinski definition) is 0. The summed E-state index contributed by atoms with van der Waals surface area (Å²) in [6, 6.07) is 0. The molecule has 0 spiro atoms. The molecule has 0 N–H and O–H groups in total. The highest BCUT2D eigenvalue weighted by atomic mass is 32.2. The summed E-state index contributed by atoms with van der Waals surface area (Å²) in [6.07, 6.45) is 2.75. The molecule has 0 unspecified atom stereocenters. The summed E-state index contributed by atoms with van der Waals surface area (Å²) in [5.41, 5.74) is 1.21. The second kappa shape index (κ2) is 5.93. The van der Waals surface area contributed by atoms with Gasteiger partial charge in [0.2, 0.25) is 0 Å². The molecular formula is C15H18N2O2S2. The molecule has 1 fully saturated rings. The number of hydrogen-bond acceptors (Lipinski definition) is 6. The fraction of sp³-hybridized carbons (Fsp3) is 0.533. The number of nitrogens with zero attached hydrogens (tertiary/aromatic N) is 2. The van der Waals surface area contributed by atoms with E-state index in [2.05, 4.69) is 30.7 Å². The van der Waals surface area contributed by atoms with E-state index in [0.29, 0.717) is 24.2 Å². The summed E-state index contributed by atoms with van der Waals surface area (Å²) in [7, 11) is 0. The molecule has 2 aromatic heterocycles. The molecule has 0 aliphatic heterocycles. The average molecular weight is 322 g/mol. The molecule has 0 aromatic carbocycles. The van der Waals surface area contributed by atoms with Crippen molar-refractivity contribution in [3.63, 3.8) is 0 Å². The van der Waals surface area contributed by atoms with E-state index in [1.807, 2.05) is 0 Å². The maximum Gasteiger partial charge on any atom is 0.316 e. The standard InChI is InChI=1S/C15H18N2O2S2/c1-8-4-11(8)5-19-12(18)6-20-14-13-9(2)10(3)21-15(13)17-7-16-14/h7-8,11H,4-6H2,1-3H3/t8-,11+/m1/s1. The molecule has 2 atom stereocenters. The number of thiophene rings is 1. The van der Waals surface area contributed by atoms with Crippen molar-refractivity contribution in [2.45, 2.75) is 32.2 Å². The van der Waals surface area contributed by atoms with Gasteiger partial charge in [0.05, 0.1) is 12.4 Å². The highest BCUT2D eigenvalue weighted by Gasteiger charge is 2.33. The Hall–Kier alpha value is -1.14. The van der Waals surface area contributed by atoms with Gasteiger partial charge >= 0.3 is 5.97 Å². The van der Waals surface area contributed by atoms with Crippen molar-refractivity contribution >= 4 is 39.3 Å². The topological polar surface area (TPSA) is 52.1 Å². The zero-order valence-electron chi connectivity index (χ0n) is 12.4. The van der Waals surface area contributed by atoms with Crippen LogP contribution < -0.4 is 0 Å². The first-order valence-electron chi connectivity index (χ1n) is 7.05. The van der Waals surface area contributed by atoms with Crippen LogP contribution in [-0.4, -0.2) is 28.3 Å². The second-order valence-corrected chi connectivity index (χ2v) is 7.75. The fourth-order valence-electron chi connectivity index (χ4n) is 2.26. The molecule has 1 aliphatic carbocycles. The van der Waals surface area contributed by atoms with E-state index in [1.165, 1.54) is 28.6 Å². The van der Waals surface area contributed by atoms with Gasteiger partial charge in [-0.3, -0.25) is 4.79 Å². The van der Waals surface area contributed by atoms with Crippen molar-refractivity contribution in [2.75, 3.05) is 12.4 Å². The van der Waals surface area contributed by atoms with Crippen molar-refractivity contribution in [2.24, 2.45) is 11.8 Å². The second-order valence-electron chi connectivity index (χ2n) is 5.59. The molecule has 1 aliphatic rings. The SMILES string of the molecule is Cc1sc2ncnc(SCC(=O)OC[C@@H]3C[C@H]3C)c2c1C. The Morgan fingerprint density at radius 1 is 1.48 bits per heavy atom. The van der Waals surface area contributed by atoms with Gasteiger partial charge in [0.15, 0.2) is 0 Å². The predicted octanol–water partition coefficient (Wildman–Crippen LogP) is 3.60. The zero-order chi connectivity index (χ0) is 15.0. The number of carbonyl (C=O) groups excluding carboxylic acids is 1. The number of fused-ring (bicyclic) bond motifs is 1. The van der Waals surface area contributed by atoms with E-state index in [9.17, 15) is 4.79 Å². The molecule has 0 saturated heterocycles. The van der Waals surface area contributed by atoms with Gasteiger partial charge in [-0.25, -0.2) is 9.97 Å². The molecule has 0 amide bonds. The summed E-state index contributed by atoms with van der Waals surface area (Å²) in [5, 5.41) is 1.95. The minimum Gasteiger partial charge on any atom is -0.465 e. The molecule has 3 rings (SSSR count). The molecule has 2 aromatic rings. The number of aryl methyl sites for hydroxylation is 2. The van der Waals surface area contributed by atoms with Crippen LogP contribution in [0.5, 0.6) is 0 Å². The number of thioether (sulfide) groups is 1. The minimum atomic E-state index is -0.157. The van der Waals surface area contributed by atoms with Crippen molar-refractivity contribution in [3.05, 3.63) is 16.8 Å².